The Morgan fingerprint density at radius 1 is 0.550 bits per heavy atom. The molecule has 0 saturated carbocycles. The van der Waals surface area contributed by atoms with E-state index in [0.717, 1.165) is 66.6 Å². The Morgan fingerprint density at radius 2 is 1.13 bits per heavy atom. The van der Waals surface area contributed by atoms with E-state index < -0.39 is 5.41 Å². The Bertz CT molecular complexity index is 3420. The van der Waals surface area contributed by atoms with E-state index in [1.807, 2.05) is 12.2 Å². The third kappa shape index (κ3) is 4.83. The summed E-state index contributed by atoms with van der Waals surface area (Å²) in [4.78, 5) is 15.8. The molecule has 8 aromatic carbocycles. The maximum atomic E-state index is 7.11. The monoisotopic (exact) mass is 768 g/mol. The first-order valence-corrected chi connectivity index (χ1v) is 20.3. The normalized spacial score (nSPS) is 15.6. The van der Waals surface area contributed by atoms with Crippen LogP contribution in [0.25, 0.3) is 83.2 Å². The second-order valence-corrected chi connectivity index (χ2v) is 15.6. The molecular weight excluding hydrogens is 733 g/mol. The fourth-order valence-electron chi connectivity index (χ4n) is 9.84. The van der Waals surface area contributed by atoms with Crippen molar-refractivity contribution in [3.63, 3.8) is 0 Å². The Kier molecular flexibility index (Phi) is 7.44. The van der Waals surface area contributed by atoms with E-state index in [9.17, 15) is 0 Å². The summed E-state index contributed by atoms with van der Waals surface area (Å²) in [6, 6.07) is 60.2. The summed E-state index contributed by atoms with van der Waals surface area (Å²) >= 11 is 0. The summed E-state index contributed by atoms with van der Waals surface area (Å²) in [5.74, 6) is 3.25. The molecule has 0 bridgehead atoms. The van der Waals surface area contributed by atoms with E-state index in [0.29, 0.717) is 17.5 Å². The lowest BCUT2D eigenvalue weighted by Gasteiger charge is -2.45. The van der Waals surface area contributed by atoms with Gasteiger partial charge < -0.3 is 9.30 Å². The zero-order chi connectivity index (χ0) is 40.0. The number of para-hydroxylation sites is 4. The van der Waals surface area contributed by atoms with Crippen molar-refractivity contribution in [1.82, 2.24) is 19.5 Å². The van der Waals surface area contributed by atoms with Crippen molar-refractivity contribution in [3.05, 3.63) is 223 Å². The molecule has 12 rings (SSSR count). The highest BCUT2D eigenvalue weighted by atomic mass is 16.5. The molecule has 0 amide bonds. The molecule has 0 aliphatic carbocycles. The van der Waals surface area contributed by atoms with E-state index in [2.05, 4.69) is 194 Å². The van der Waals surface area contributed by atoms with Crippen LogP contribution in [0.3, 0.4) is 0 Å². The van der Waals surface area contributed by atoms with Crippen molar-refractivity contribution in [2.75, 3.05) is 0 Å². The van der Waals surface area contributed by atoms with E-state index in [1.165, 1.54) is 32.9 Å². The molecule has 5 heteroatoms. The van der Waals surface area contributed by atoms with Crippen LogP contribution in [0.1, 0.15) is 23.6 Å². The van der Waals surface area contributed by atoms with Crippen LogP contribution >= 0.6 is 0 Å². The van der Waals surface area contributed by atoms with Gasteiger partial charge in [-0.15, -0.1) is 0 Å². The van der Waals surface area contributed by atoms with Gasteiger partial charge in [0.05, 0.1) is 27.7 Å². The van der Waals surface area contributed by atoms with Crippen molar-refractivity contribution >= 4 is 43.4 Å². The van der Waals surface area contributed by atoms with Gasteiger partial charge in [0.15, 0.2) is 17.5 Å². The summed E-state index contributed by atoms with van der Waals surface area (Å²) in [5, 5.41) is 6.99. The van der Waals surface area contributed by atoms with Gasteiger partial charge in [0.25, 0.3) is 0 Å². The van der Waals surface area contributed by atoms with Crippen molar-refractivity contribution in [2.24, 2.45) is 0 Å². The molecule has 2 aromatic heterocycles. The van der Waals surface area contributed by atoms with Crippen molar-refractivity contribution in [2.45, 2.75) is 12.3 Å². The number of benzene rings is 8. The molecule has 282 valence electrons. The zero-order valence-electron chi connectivity index (χ0n) is 32.8. The smallest absolute Gasteiger partial charge is 0.167 e. The highest BCUT2D eigenvalue weighted by molar-refractivity contribution is 6.12. The highest BCUT2D eigenvalue weighted by Gasteiger charge is 2.51. The van der Waals surface area contributed by atoms with Gasteiger partial charge in [-0.05, 0) is 69.9 Å². The molecule has 5 nitrogen and oxygen atoms in total. The number of hydrogen-bond donors (Lipinski definition) is 0. The third-order valence-corrected chi connectivity index (χ3v) is 12.4. The molecule has 1 atom stereocenters. The Balaban J connectivity index is 1.16. The van der Waals surface area contributed by atoms with E-state index in [-0.39, 0.29) is 0 Å². The standard InChI is InChI=1S/C55H36N4O/c1-3-4-22-44-34(2)60-51-43(21-14-25-47(51)55(44)45-23-10-12-27-49(45)59-48-26-11-9-19-41(48)42-20-13-24-46(55)50(42)59)54-57-52(39-30-28-35-15-5-7-17-37(35)32-39)56-53(58-54)40-31-29-36-16-6-8-18-38(36)33-40/h3-33H,1H2,2H3/b22-4-. The van der Waals surface area contributed by atoms with E-state index in [4.69, 9.17) is 19.7 Å². The predicted octanol–water partition coefficient (Wildman–Crippen LogP) is 13.3. The molecule has 0 N–H and O–H groups in total. The molecule has 0 fully saturated rings. The average molecular weight is 769 g/mol. The van der Waals surface area contributed by atoms with Crippen LogP contribution in [0.4, 0.5) is 0 Å². The summed E-state index contributed by atoms with van der Waals surface area (Å²) in [6.07, 6.45) is 6.02. The summed E-state index contributed by atoms with van der Waals surface area (Å²) in [6.45, 7) is 6.15. The zero-order valence-corrected chi connectivity index (χ0v) is 32.8. The second kappa shape index (κ2) is 13.1. The Morgan fingerprint density at radius 3 is 1.87 bits per heavy atom. The molecule has 1 spiro atoms. The molecule has 2 aliphatic heterocycles. The van der Waals surface area contributed by atoms with Crippen LogP contribution in [-0.4, -0.2) is 19.5 Å². The van der Waals surface area contributed by atoms with Crippen LogP contribution in [-0.2, 0) is 5.41 Å². The number of aromatic nitrogens is 4. The molecule has 1 unspecified atom stereocenters. The minimum atomic E-state index is -0.761. The SMILES string of the molecule is C=C/C=C\C1=C(C)Oc2c(-c3nc(-c4ccc5ccccc5c4)nc(-c4ccc5ccccc5c4)n3)cccc2C12c1ccccc1-n1c3ccccc3c3cccc2c31. The van der Waals surface area contributed by atoms with E-state index >= 15 is 0 Å². The van der Waals surface area contributed by atoms with Gasteiger partial charge in [0.2, 0.25) is 0 Å². The van der Waals surface area contributed by atoms with Crippen molar-refractivity contribution < 1.29 is 4.74 Å². The van der Waals surface area contributed by atoms with Crippen LogP contribution in [0.5, 0.6) is 5.75 Å². The lowest BCUT2D eigenvalue weighted by molar-refractivity contribution is 0.387. The highest BCUT2D eigenvalue weighted by Crippen LogP contribution is 2.60. The molecule has 10 aromatic rings. The van der Waals surface area contributed by atoms with Crippen molar-refractivity contribution in [3.8, 4) is 45.6 Å². The van der Waals surface area contributed by atoms with Gasteiger partial charge in [-0.2, -0.15) is 0 Å². The molecular formula is C55H36N4O. The third-order valence-electron chi connectivity index (χ3n) is 12.4. The first-order valence-electron chi connectivity index (χ1n) is 20.3. The van der Waals surface area contributed by atoms with Crippen LogP contribution in [0, 0.1) is 0 Å². The predicted molar refractivity (Wildman–Crippen MR) is 244 cm³/mol. The van der Waals surface area contributed by atoms with Gasteiger partial charge in [-0.3, -0.25) is 0 Å². The van der Waals surface area contributed by atoms with Crippen LogP contribution < -0.4 is 4.74 Å². The van der Waals surface area contributed by atoms with Gasteiger partial charge in [0.1, 0.15) is 11.5 Å². The van der Waals surface area contributed by atoms with Gasteiger partial charge in [-0.1, -0.05) is 164 Å². The van der Waals surface area contributed by atoms with Crippen molar-refractivity contribution in [1.29, 1.82) is 0 Å². The second-order valence-electron chi connectivity index (χ2n) is 15.6. The summed E-state index contributed by atoms with van der Waals surface area (Å²) < 4.78 is 9.55. The van der Waals surface area contributed by atoms with Crippen LogP contribution in [0.15, 0.2) is 206 Å². The number of nitrogens with zero attached hydrogens (tertiary/aromatic N) is 4. The molecule has 0 radical (unpaired) electrons. The minimum absolute atomic E-state index is 0.539. The Labute approximate surface area is 346 Å². The molecule has 4 heterocycles. The van der Waals surface area contributed by atoms with E-state index in [1.54, 1.807) is 0 Å². The van der Waals surface area contributed by atoms with Gasteiger partial charge in [-0.25, -0.2) is 15.0 Å². The fraction of sp³-hybridized carbons (Fsp3) is 0.0364. The maximum absolute atomic E-state index is 7.11. The summed E-state index contributed by atoms with van der Waals surface area (Å²) in [7, 11) is 0. The topological polar surface area (TPSA) is 52.8 Å². The maximum Gasteiger partial charge on any atom is 0.167 e. The number of allylic oxidation sites excluding steroid dienone is 5. The van der Waals surface area contributed by atoms with Gasteiger partial charge in [0, 0.05) is 33.0 Å². The molecule has 2 aliphatic rings. The number of rotatable bonds is 5. The van der Waals surface area contributed by atoms with Crippen LogP contribution in [0.2, 0.25) is 0 Å². The number of fused-ring (bicyclic) bond motifs is 11. The molecule has 60 heavy (non-hydrogen) atoms. The first kappa shape index (κ1) is 34.2. The minimum Gasteiger partial charge on any atom is -0.461 e. The Hall–Kier alpha value is -7.89. The lowest BCUT2D eigenvalue weighted by Crippen LogP contribution is -2.39. The first-order chi connectivity index (χ1) is 29.6. The lowest BCUT2D eigenvalue weighted by atomic mass is 9.61. The molecule has 0 saturated heterocycles. The average Bonchev–Trinajstić information content (AvgIpc) is 3.65. The summed E-state index contributed by atoms with van der Waals surface area (Å²) in [5.41, 5.74) is 9.78. The number of hydrogen-bond acceptors (Lipinski definition) is 4. The van der Waals surface area contributed by atoms with Gasteiger partial charge >= 0.3 is 0 Å². The number of ether oxygens (including phenoxy) is 1. The fourth-order valence-corrected chi connectivity index (χ4v) is 9.84. The quantitative estimate of drug-likeness (QED) is 0.164. The largest absolute Gasteiger partial charge is 0.461 e.